The van der Waals surface area contributed by atoms with Gasteiger partial charge in [0.05, 0.1) is 0 Å². The van der Waals surface area contributed by atoms with Crippen molar-refractivity contribution in [1.29, 1.82) is 0 Å². The number of aliphatic hydroxyl groups excluding tert-OH is 1. The molecule has 0 radical (unpaired) electrons. The summed E-state index contributed by atoms with van der Waals surface area (Å²) in [6.07, 6.45) is 0. The summed E-state index contributed by atoms with van der Waals surface area (Å²) in [7, 11) is 0. The van der Waals surface area contributed by atoms with E-state index in [1.807, 2.05) is 6.92 Å². The predicted molar refractivity (Wildman–Crippen MR) is 41.9 cm³/mol. The molecule has 1 rings (SSSR count). The number of benzene rings is 1. The van der Waals surface area contributed by atoms with Crippen LogP contribution in [-0.4, -0.2) is 11.7 Å². The molecule has 0 aromatic heterocycles. The van der Waals surface area contributed by atoms with E-state index >= 15 is 0 Å². The highest BCUT2D eigenvalue weighted by Gasteiger charge is 2.02. The SMILES string of the molecule is C[C@H](CO)c1ccc(F)cc1. The Morgan fingerprint density at radius 3 is 2.36 bits per heavy atom. The molecule has 0 spiro atoms. The minimum Gasteiger partial charge on any atom is -0.396 e. The third-order valence-corrected chi connectivity index (χ3v) is 1.71. The monoisotopic (exact) mass is 154 g/mol. The van der Waals surface area contributed by atoms with Gasteiger partial charge in [-0.25, -0.2) is 4.39 Å². The standard InChI is InChI=1S/C9H11FO/c1-7(6-11)8-2-4-9(10)5-3-8/h2-5,7,11H,6H2,1H3/t7-/m1/s1. The molecule has 0 unspecified atom stereocenters. The van der Waals surface area contributed by atoms with Crippen molar-refractivity contribution >= 4 is 0 Å². The van der Waals surface area contributed by atoms with Gasteiger partial charge in [0.1, 0.15) is 5.82 Å². The van der Waals surface area contributed by atoms with Crippen molar-refractivity contribution in [2.45, 2.75) is 12.8 Å². The maximum atomic E-state index is 12.4. The van der Waals surface area contributed by atoms with Gasteiger partial charge in [0.15, 0.2) is 0 Å². The summed E-state index contributed by atoms with van der Waals surface area (Å²) in [5.74, 6) is -0.144. The number of halogens is 1. The minimum atomic E-state index is -0.237. The van der Waals surface area contributed by atoms with Gasteiger partial charge in [0.2, 0.25) is 0 Å². The maximum Gasteiger partial charge on any atom is 0.123 e. The fraction of sp³-hybridized carbons (Fsp3) is 0.333. The van der Waals surface area contributed by atoms with Gasteiger partial charge in [-0.15, -0.1) is 0 Å². The van der Waals surface area contributed by atoms with E-state index in [2.05, 4.69) is 0 Å². The van der Waals surface area contributed by atoms with Crippen molar-refractivity contribution in [1.82, 2.24) is 0 Å². The van der Waals surface area contributed by atoms with Crippen LogP contribution in [0.4, 0.5) is 4.39 Å². The van der Waals surface area contributed by atoms with Crippen molar-refractivity contribution < 1.29 is 9.50 Å². The summed E-state index contributed by atoms with van der Waals surface area (Å²) in [6, 6.07) is 6.19. The normalized spacial score (nSPS) is 13.0. The lowest BCUT2D eigenvalue weighted by Gasteiger charge is -2.06. The van der Waals surface area contributed by atoms with Gasteiger partial charge in [-0.2, -0.15) is 0 Å². The molecule has 2 heteroatoms. The Kier molecular flexibility index (Phi) is 2.60. The van der Waals surface area contributed by atoms with Crippen LogP contribution in [0.3, 0.4) is 0 Å². The first-order chi connectivity index (χ1) is 5.24. The van der Waals surface area contributed by atoms with Crippen LogP contribution in [0.1, 0.15) is 18.4 Å². The Balaban J connectivity index is 2.81. The lowest BCUT2D eigenvalue weighted by atomic mass is 10.0. The van der Waals surface area contributed by atoms with Crippen LogP contribution in [0.25, 0.3) is 0 Å². The smallest absolute Gasteiger partial charge is 0.123 e. The van der Waals surface area contributed by atoms with Gasteiger partial charge in [0, 0.05) is 12.5 Å². The first-order valence-corrected chi connectivity index (χ1v) is 3.60. The van der Waals surface area contributed by atoms with Crippen LogP contribution in [0, 0.1) is 5.82 Å². The molecule has 11 heavy (non-hydrogen) atoms. The van der Waals surface area contributed by atoms with E-state index in [1.165, 1.54) is 12.1 Å². The number of rotatable bonds is 2. The molecule has 1 N–H and O–H groups in total. The highest BCUT2D eigenvalue weighted by molar-refractivity contribution is 5.19. The first kappa shape index (κ1) is 8.21. The van der Waals surface area contributed by atoms with Crippen LogP contribution >= 0.6 is 0 Å². The average Bonchev–Trinajstić information content (AvgIpc) is 2.05. The number of aliphatic hydroxyl groups is 1. The van der Waals surface area contributed by atoms with Gasteiger partial charge < -0.3 is 5.11 Å². The fourth-order valence-corrected chi connectivity index (χ4v) is 0.897. The Labute approximate surface area is 65.5 Å². The highest BCUT2D eigenvalue weighted by atomic mass is 19.1. The molecule has 0 aliphatic carbocycles. The van der Waals surface area contributed by atoms with Gasteiger partial charge in [-0.1, -0.05) is 19.1 Å². The van der Waals surface area contributed by atoms with Gasteiger partial charge in [-0.3, -0.25) is 0 Å². The molecular formula is C9H11FO. The maximum absolute atomic E-state index is 12.4. The molecule has 0 heterocycles. The molecule has 0 fully saturated rings. The Hall–Kier alpha value is -0.890. The molecule has 0 aliphatic heterocycles. The van der Waals surface area contributed by atoms with Crippen molar-refractivity contribution in [3.05, 3.63) is 35.6 Å². The lowest BCUT2D eigenvalue weighted by Crippen LogP contribution is -1.98. The zero-order valence-corrected chi connectivity index (χ0v) is 6.42. The summed E-state index contributed by atoms with van der Waals surface area (Å²) < 4.78 is 12.4. The van der Waals surface area contributed by atoms with Gasteiger partial charge >= 0.3 is 0 Å². The van der Waals surface area contributed by atoms with Crippen molar-refractivity contribution in [2.75, 3.05) is 6.61 Å². The third-order valence-electron chi connectivity index (χ3n) is 1.71. The summed E-state index contributed by atoms with van der Waals surface area (Å²) in [4.78, 5) is 0. The zero-order chi connectivity index (χ0) is 8.27. The molecule has 60 valence electrons. The summed E-state index contributed by atoms with van der Waals surface area (Å²) in [5, 5.41) is 8.76. The van der Waals surface area contributed by atoms with Crippen LogP contribution < -0.4 is 0 Å². The van der Waals surface area contributed by atoms with Crippen LogP contribution in [0.2, 0.25) is 0 Å². The van der Waals surface area contributed by atoms with Crippen LogP contribution in [0.5, 0.6) is 0 Å². The van der Waals surface area contributed by atoms with E-state index in [4.69, 9.17) is 5.11 Å². The van der Waals surface area contributed by atoms with Gasteiger partial charge in [-0.05, 0) is 17.7 Å². The van der Waals surface area contributed by atoms with E-state index < -0.39 is 0 Å². The first-order valence-electron chi connectivity index (χ1n) is 3.60. The number of hydrogen-bond acceptors (Lipinski definition) is 1. The Morgan fingerprint density at radius 2 is 1.91 bits per heavy atom. The molecule has 1 nitrogen and oxygen atoms in total. The molecule has 0 saturated heterocycles. The molecule has 1 aromatic rings. The topological polar surface area (TPSA) is 20.2 Å². The average molecular weight is 154 g/mol. The lowest BCUT2D eigenvalue weighted by molar-refractivity contribution is 0.273. The molecular weight excluding hydrogens is 143 g/mol. The molecule has 1 atom stereocenters. The second-order valence-electron chi connectivity index (χ2n) is 2.64. The van der Waals surface area contributed by atoms with E-state index in [-0.39, 0.29) is 18.3 Å². The summed E-state index contributed by atoms with van der Waals surface area (Å²) >= 11 is 0. The van der Waals surface area contributed by atoms with Gasteiger partial charge in [0.25, 0.3) is 0 Å². The minimum absolute atomic E-state index is 0.0931. The number of hydrogen-bond donors (Lipinski definition) is 1. The Bertz CT molecular complexity index is 218. The second-order valence-corrected chi connectivity index (χ2v) is 2.64. The molecule has 0 amide bonds. The van der Waals surface area contributed by atoms with Crippen molar-refractivity contribution in [3.63, 3.8) is 0 Å². The summed E-state index contributed by atoms with van der Waals surface area (Å²) in [5.41, 5.74) is 0.967. The van der Waals surface area contributed by atoms with E-state index in [0.717, 1.165) is 5.56 Å². The molecule has 0 saturated carbocycles. The second kappa shape index (κ2) is 3.49. The van der Waals surface area contributed by atoms with Crippen LogP contribution in [0.15, 0.2) is 24.3 Å². The molecule has 0 bridgehead atoms. The third kappa shape index (κ3) is 2.02. The zero-order valence-electron chi connectivity index (χ0n) is 6.42. The molecule has 1 aromatic carbocycles. The van der Waals surface area contributed by atoms with Crippen molar-refractivity contribution in [3.8, 4) is 0 Å². The van der Waals surface area contributed by atoms with E-state index in [1.54, 1.807) is 12.1 Å². The predicted octanol–water partition coefficient (Wildman–Crippen LogP) is 1.92. The van der Waals surface area contributed by atoms with Crippen LogP contribution in [-0.2, 0) is 0 Å². The van der Waals surface area contributed by atoms with E-state index in [9.17, 15) is 4.39 Å². The summed E-state index contributed by atoms with van der Waals surface area (Å²) in [6.45, 7) is 2.00. The largest absolute Gasteiger partial charge is 0.396 e. The highest BCUT2D eigenvalue weighted by Crippen LogP contribution is 2.13. The molecule has 0 aliphatic rings. The van der Waals surface area contributed by atoms with Crippen molar-refractivity contribution in [2.24, 2.45) is 0 Å². The Morgan fingerprint density at radius 1 is 1.36 bits per heavy atom. The quantitative estimate of drug-likeness (QED) is 0.690. The fourth-order valence-electron chi connectivity index (χ4n) is 0.897. The van der Waals surface area contributed by atoms with E-state index in [0.29, 0.717) is 0 Å².